The monoisotopic (exact) mass is 376 g/mol. The molecule has 1 fully saturated rings. The van der Waals surface area contributed by atoms with E-state index in [1.807, 2.05) is 0 Å². The number of ether oxygens (including phenoxy) is 1. The van der Waals surface area contributed by atoms with Crippen molar-refractivity contribution in [2.45, 2.75) is 50.2 Å². The Labute approximate surface area is 146 Å². The van der Waals surface area contributed by atoms with Crippen LogP contribution >= 0.6 is 0 Å². The fraction of sp³-hybridized carbons (Fsp3) is 0.562. The van der Waals surface area contributed by atoms with Crippen LogP contribution < -0.4 is 5.32 Å². The summed E-state index contributed by atoms with van der Waals surface area (Å²) in [5.41, 5.74) is -0.622. The minimum atomic E-state index is -4.12. The lowest BCUT2D eigenvalue weighted by molar-refractivity contribution is 0.0489. The van der Waals surface area contributed by atoms with Gasteiger partial charge in [-0.3, -0.25) is 0 Å². The summed E-state index contributed by atoms with van der Waals surface area (Å²) >= 11 is 0. The van der Waals surface area contributed by atoms with Crippen molar-refractivity contribution in [3.05, 3.63) is 29.8 Å². The second-order valence-electron chi connectivity index (χ2n) is 6.90. The lowest BCUT2D eigenvalue weighted by Gasteiger charge is -2.32. The third-order valence-corrected chi connectivity index (χ3v) is 5.60. The Balaban J connectivity index is 1.99. The average Bonchev–Trinajstić information content (AvgIpc) is 2.48. The van der Waals surface area contributed by atoms with Gasteiger partial charge in [-0.1, -0.05) is 0 Å². The number of hydrogen-bond donors (Lipinski definition) is 1. The molecule has 0 unspecified atom stereocenters. The first-order valence-electron chi connectivity index (χ1n) is 7.94. The summed E-state index contributed by atoms with van der Waals surface area (Å²) < 4.78 is 58.3. The number of amides is 1. The van der Waals surface area contributed by atoms with Gasteiger partial charge in [0.15, 0.2) is 0 Å². The van der Waals surface area contributed by atoms with E-state index >= 15 is 0 Å². The Kier molecular flexibility index (Phi) is 5.68. The summed E-state index contributed by atoms with van der Waals surface area (Å²) in [6.07, 6.45) is 0.148. The zero-order chi connectivity index (χ0) is 18.8. The zero-order valence-corrected chi connectivity index (χ0v) is 15.2. The van der Waals surface area contributed by atoms with E-state index in [0.717, 1.165) is 16.4 Å². The molecule has 140 valence electrons. The minimum absolute atomic E-state index is 0.0960. The molecule has 1 aliphatic rings. The molecule has 1 heterocycles. The molecule has 25 heavy (non-hydrogen) atoms. The largest absolute Gasteiger partial charge is 0.444 e. The van der Waals surface area contributed by atoms with Crippen molar-refractivity contribution in [3.63, 3.8) is 0 Å². The maximum atomic E-state index is 13.8. The molecule has 0 bridgehead atoms. The molecule has 1 saturated heterocycles. The molecule has 6 nitrogen and oxygen atoms in total. The van der Waals surface area contributed by atoms with E-state index in [4.69, 9.17) is 4.74 Å². The first kappa shape index (κ1) is 19.6. The van der Waals surface area contributed by atoms with Crippen molar-refractivity contribution < 1.29 is 26.7 Å². The number of sulfonamides is 1. The summed E-state index contributed by atoms with van der Waals surface area (Å²) in [6.45, 7) is 5.43. The Morgan fingerprint density at radius 2 is 1.84 bits per heavy atom. The third-order valence-electron chi connectivity index (χ3n) is 3.69. The highest BCUT2D eigenvalue weighted by Gasteiger charge is 2.32. The highest BCUT2D eigenvalue weighted by molar-refractivity contribution is 7.89. The summed E-state index contributed by atoms with van der Waals surface area (Å²) in [7, 11) is -4.12. The number of carbonyl (C=O) groups is 1. The molecule has 1 N–H and O–H groups in total. The van der Waals surface area contributed by atoms with E-state index in [1.165, 1.54) is 0 Å². The van der Waals surface area contributed by atoms with E-state index in [9.17, 15) is 22.0 Å². The van der Waals surface area contributed by atoms with Gasteiger partial charge in [-0.05, 0) is 51.8 Å². The highest BCUT2D eigenvalue weighted by Crippen LogP contribution is 2.24. The molecule has 1 aromatic rings. The summed E-state index contributed by atoms with van der Waals surface area (Å²) in [5, 5.41) is 2.69. The molecule has 1 aromatic carbocycles. The van der Waals surface area contributed by atoms with Gasteiger partial charge in [0.05, 0.1) is 0 Å². The summed E-state index contributed by atoms with van der Waals surface area (Å²) in [4.78, 5) is 11.1. The quantitative estimate of drug-likeness (QED) is 0.880. The van der Waals surface area contributed by atoms with Crippen molar-refractivity contribution in [2.75, 3.05) is 13.1 Å². The molecule has 0 radical (unpaired) electrons. The number of carbonyl (C=O) groups excluding carboxylic acids is 1. The number of benzene rings is 1. The fourth-order valence-corrected chi connectivity index (χ4v) is 4.07. The molecule has 0 aromatic heterocycles. The van der Waals surface area contributed by atoms with Crippen LogP contribution in [-0.4, -0.2) is 43.5 Å². The molecule has 1 amide bonds. The molecule has 0 atom stereocenters. The van der Waals surface area contributed by atoms with Gasteiger partial charge >= 0.3 is 6.09 Å². The molecule has 2 rings (SSSR count). The highest BCUT2D eigenvalue weighted by atomic mass is 32.2. The molecule has 1 aliphatic heterocycles. The predicted octanol–water partition coefficient (Wildman–Crippen LogP) is 2.64. The second-order valence-corrected chi connectivity index (χ2v) is 8.81. The minimum Gasteiger partial charge on any atom is -0.444 e. The average molecular weight is 376 g/mol. The Morgan fingerprint density at radius 1 is 1.24 bits per heavy atom. The van der Waals surface area contributed by atoms with E-state index in [2.05, 4.69) is 5.32 Å². The van der Waals surface area contributed by atoms with E-state index in [0.29, 0.717) is 18.9 Å². The second kappa shape index (κ2) is 7.25. The Morgan fingerprint density at radius 3 is 2.40 bits per heavy atom. The van der Waals surface area contributed by atoms with Gasteiger partial charge in [-0.25, -0.2) is 22.0 Å². The SMILES string of the molecule is CC(C)(C)OC(=O)NC1CCN(S(=O)(=O)c2cc(F)ccc2F)CC1. The van der Waals surface area contributed by atoms with Gasteiger partial charge in [0, 0.05) is 19.1 Å². The number of rotatable bonds is 3. The Hall–Kier alpha value is -1.74. The molecule has 0 aliphatic carbocycles. The standard InChI is InChI=1S/C16H22F2N2O4S/c1-16(2,3)24-15(21)19-12-6-8-20(9-7-12)25(22,23)14-10-11(17)4-5-13(14)18/h4-5,10,12H,6-9H2,1-3H3,(H,19,21). The lowest BCUT2D eigenvalue weighted by atomic mass is 10.1. The fourth-order valence-electron chi connectivity index (χ4n) is 2.53. The van der Waals surface area contributed by atoms with Crippen LogP contribution in [0.25, 0.3) is 0 Å². The van der Waals surface area contributed by atoms with Gasteiger partial charge in [-0.2, -0.15) is 4.31 Å². The summed E-state index contributed by atoms with van der Waals surface area (Å²) in [6, 6.07) is 2.10. The van der Waals surface area contributed by atoms with Crippen LogP contribution in [0.3, 0.4) is 0 Å². The van der Waals surface area contributed by atoms with Crippen LogP contribution in [0.5, 0.6) is 0 Å². The van der Waals surface area contributed by atoms with Gasteiger partial charge in [-0.15, -0.1) is 0 Å². The van der Waals surface area contributed by atoms with Crippen LogP contribution in [0.15, 0.2) is 23.1 Å². The topological polar surface area (TPSA) is 75.7 Å². The van der Waals surface area contributed by atoms with Crippen molar-refractivity contribution in [3.8, 4) is 0 Å². The van der Waals surface area contributed by atoms with Gasteiger partial charge in [0.25, 0.3) is 0 Å². The van der Waals surface area contributed by atoms with Gasteiger partial charge < -0.3 is 10.1 Å². The van der Waals surface area contributed by atoms with Crippen LogP contribution in [0.2, 0.25) is 0 Å². The van der Waals surface area contributed by atoms with Crippen LogP contribution in [0, 0.1) is 11.6 Å². The van der Waals surface area contributed by atoms with E-state index < -0.39 is 38.2 Å². The normalized spacial score (nSPS) is 17.3. The maximum absolute atomic E-state index is 13.8. The molecular weight excluding hydrogens is 354 g/mol. The van der Waals surface area contributed by atoms with Gasteiger partial charge in [0.2, 0.25) is 10.0 Å². The summed E-state index contributed by atoms with van der Waals surface area (Å²) in [5.74, 6) is -1.81. The van der Waals surface area contributed by atoms with Crippen molar-refractivity contribution in [1.82, 2.24) is 9.62 Å². The predicted molar refractivity (Wildman–Crippen MR) is 87.5 cm³/mol. The van der Waals surface area contributed by atoms with Crippen molar-refractivity contribution in [2.24, 2.45) is 0 Å². The zero-order valence-electron chi connectivity index (χ0n) is 14.4. The maximum Gasteiger partial charge on any atom is 0.407 e. The first-order valence-corrected chi connectivity index (χ1v) is 9.38. The number of nitrogens with one attached hydrogen (secondary N) is 1. The van der Waals surface area contributed by atoms with Crippen LogP contribution in [-0.2, 0) is 14.8 Å². The van der Waals surface area contributed by atoms with E-state index in [-0.39, 0.29) is 19.1 Å². The first-order chi connectivity index (χ1) is 11.5. The number of alkyl carbamates (subject to hydrolysis) is 1. The number of halogens is 2. The Bertz CT molecular complexity index is 739. The van der Waals surface area contributed by atoms with Gasteiger partial charge in [0.1, 0.15) is 22.1 Å². The van der Waals surface area contributed by atoms with Crippen molar-refractivity contribution in [1.29, 1.82) is 0 Å². The molecule has 9 heteroatoms. The number of nitrogens with zero attached hydrogens (tertiary/aromatic N) is 1. The van der Waals surface area contributed by atoms with Crippen LogP contribution in [0.4, 0.5) is 13.6 Å². The number of hydrogen-bond acceptors (Lipinski definition) is 4. The molecular formula is C16H22F2N2O4S. The lowest BCUT2D eigenvalue weighted by Crippen LogP contribution is -2.47. The third kappa shape index (κ3) is 5.12. The van der Waals surface area contributed by atoms with Crippen molar-refractivity contribution >= 4 is 16.1 Å². The van der Waals surface area contributed by atoms with E-state index in [1.54, 1.807) is 20.8 Å². The smallest absolute Gasteiger partial charge is 0.407 e. The number of piperidine rings is 1. The molecule has 0 spiro atoms. The molecule has 0 saturated carbocycles. The van der Waals surface area contributed by atoms with Crippen LogP contribution in [0.1, 0.15) is 33.6 Å².